The second-order valence-electron chi connectivity index (χ2n) is 3.42. The van der Waals surface area contributed by atoms with Crippen LogP contribution in [0.15, 0.2) is 53.8 Å². The first-order chi connectivity index (χ1) is 8.22. The number of hydrogen-bond acceptors (Lipinski definition) is 3. The maximum absolute atomic E-state index is 4.89. The molecule has 0 atom stereocenters. The highest BCUT2D eigenvalue weighted by molar-refractivity contribution is 7.79. The molecule has 0 heterocycles. The molecule has 0 unspecified atom stereocenters. The van der Waals surface area contributed by atoms with Crippen LogP contribution in [0.3, 0.4) is 0 Å². The minimum atomic E-state index is 0.797. The first-order valence-electron chi connectivity index (χ1n) is 5.36. The lowest BCUT2D eigenvalue weighted by molar-refractivity contribution is 1.42. The third-order valence-corrected chi connectivity index (χ3v) is 2.53. The molecule has 1 rings (SSSR count). The van der Waals surface area contributed by atoms with Crippen molar-refractivity contribution in [2.75, 3.05) is 5.32 Å². The Kier molecular flexibility index (Phi) is 5.30. The molecule has 0 radical (unpaired) electrons. The van der Waals surface area contributed by atoms with Crippen LogP contribution in [-0.2, 0) is 0 Å². The van der Waals surface area contributed by atoms with Gasteiger partial charge in [-0.1, -0.05) is 43.1 Å². The number of nitrogens with zero attached hydrogens (tertiary/aromatic N) is 1. The van der Waals surface area contributed by atoms with Gasteiger partial charge < -0.3 is 5.32 Å². The average molecular weight is 244 g/mol. The Labute approximate surface area is 108 Å². The quantitative estimate of drug-likeness (QED) is 0.482. The Morgan fingerprint density at radius 1 is 1.41 bits per heavy atom. The number of thiocarbonyl (C=S) groups is 1. The maximum Gasteiger partial charge on any atom is 0.0697 e. The molecule has 0 aliphatic heterocycles. The molecule has 0 bridgehead atoms. The van der Waals surface area contributed by atoms with Crippen molar-refractivity contribution in [2.24, 2.45) is 4.99 Å². The van der Waals surface area contributed by atoms with Gasteiger partial charge in [0, 0.05) is 22.3 Å². The predicted octanol–water partition coefficient (Wildman–Crippen LogP) is 3.95. The van der Waals surface area contributed by atoms with E-state index in [2.05, 4.69) is 16.9 Å². The summed E-state index contributed by atoms with van der Waals surface area (Å²) in [5.74, 6) is 0. The van der Waals surface area contributed by atoms with Crippen LogP contribution >= 0.6 is 12.2 Å². The molecule has 1 aromatic carbocycles. The van der Waals surface area contributed by atoms with Gasteiger partial charge in [0.2, 0.25) is 0 Å². The monoisotopic (exact) mass is 244 g/mol. The van der Waals surface area contributed by atoms with Crippen molar-refractivity contribution in [3.63, 3.8) is 0 Å². The summed E-state index contributed by atoms with van der Waals surface area (Å²) in [6, 6.07) is 7.96. The number of benzene rings is 1. The van der Waals surface area contributed by atoms with Crippen molar-refractivity contribution in [3.8, 4) is 0 Å². The molecule has 0 spiro atoms. The molecule has 0 saturated heterocycles. The summed E-state index contributed by atoms with van der Waals surface area (Å²) in [4.78, 5) is 4.47. The van der Waals surface area contributed by atoms with Crippen LogP contribution in [0, 0.1) is 0 Å². The van der Waals surface area contributed by atoms with Crippen molar-refractivity contribution in [1.82, 2.24) is 0 Å². The molecule has 2 nitrogen and oxygen atoms in total. The molecular weight excluding hydrogens is 228 g/mol. The van der Waals surface area contributed by atoms with Crippen LogP contribution in [-0.4, -0.2) is 11.1 Å². The molecule has 0 saturated carbocycles. The summed E-state index contributed by atoms with van der Waals surface area (Å²) >= 11 is 4.89. The van der Waals surface area contributed by atoms with Crippen molar-refractivity contribution in [3.05, 3.63) is 54.4 Å². The Hall–Kier alpha value is -1.74. The molecule has 1 aromatic rings. The number of allylic oxidation sites excluding steroid dienone is 2. The van der Waals surface area contributed by atoms with E-state index in [9.17, 15) is 0 Å². The Morgan fingerprint density at radius 3 is 2.71 bits per heavy atom. The zero-order valence-electron chi connectivity index (χ0n) is 10.1. The van der Waals surface area contributed by atoms with Crippen molar-refractivity contribution in [1.29, 1.82) is 0 Å². The highest BCUT2D eigenvalue weighted by Gasteiger charge is 2.03. The van der Waals surface area contributed by atoms with Crippen LogP contribution in [0.25, 0.3) is 0 Å². The SMILES string of the molecule is C=CNc1ccccc1/C(C)=N/C(C=S)=C\C. The highest BCUT2D eigenvalue weighted by atomic mass is 32.1. The fourth-order valence-electron chi connectivity index (χ4n) is 1.45. The lowest BCUT2D eigenvalue weighted by Crippen LogP contribution is -2.01. The van der Waals surface area contributed by atoms with E-state index in [0.29, 0.717) is 0 Å². The van der Waals surface area contributed by atoms with Gasteiger partial charge in [-0.2, -0.15) is 0 Å². The van der Waals surface area contributed by atoms with E-state index in [1.54, 1.807) is 11.6 Å². The normalized spacial score (nSPS) is 12.1. The number of nitrogens with one attached hydrogen (secondary N) is 1. The van der Waals surface area contributed by atoms with Crippen LogP contribution in [0.2, 0.25) is 0 Å². The van der Waals surface area contributed by atoms with Gasteiger partial charge in [-0.15, -0.1) is 0 Å². The van der Waals surface area contributed by atoms with E-state index in [4.69, 9.17) is 12.2 Å². The highest BCUT2D eigenvalue weighted by Crippen LogP contribution is 2.16. The number of rotatable bonds is 5. The van der Waals surface area contributed by atoms with Crippen molar-refractivity contribution in [2.45, 2.75) is 13.8 Å². The zero-order valence-corrected chi connectivity index (χ0v) is 10.9. The van der Waals surface area contributed by atoms with Gasteiger partial charge >= 0.3 is 0 Å². The standard InChI is InChI=1S/C14H16N2S/c1-4-12(10-17)16-11(3)13-8-6-7-9-14(13)15-5-2/h4-10,15H,2H2,1,3H3/b12-4-,16-11+. The van der Waals surface area contributed by atoms with Crippen LogP contribution in [0.5, 0.6) is 0 Å². The number of hydrogen-bond donors (Lipinski definition) is 1. The summed E-state index contributed by atoms with van der Waals surface area (Å²) in [5, 5.41) is 4.67. The molecule has 0 aliphatic carbocycles. The summed E-state index contributed by atoms with van der Waals surface area (Å²) in [6.45, 7) is 7.55. The van der Waals surface area contributed by atoms with E-state index < -0.39 is 0 Å². The molecule has 3 heteroatoms. The van der Waals surface area contributed by atoms with Gasteiger partial charge in [0.15, 0.2) is 0 Å². The van der Waals surface area contributed by atoms with E-state index in [1.165, 1.54) is 0 Å². The summed E-state index contributed by atoms with van der Waals surface area (Å²) < 4.78 is 0. The van der Waals surface area contributed by atoms with Crippen molar-refractivity contribution < 1.29 is 0 Å². The van der Waals surface area contributed by atoms with Gasteiger partial charge in [-0.3, -0.25) is 4.99 Å². The van der Waals surface area contributed by atoms with Crippen LogP contribution < -0.4 is 5.32 Å². The van der Waals surface area contributed by atoms with Gasteiger partial charge in [0.1, 0.15) is 0 Å². The zero-order chi connectivity index (χ0) is 12.7. The molecule has 88 valence electrons. The first-order valence-corrected chi connectivity index (χ1v) is 5.83. The largest absolute Gasteiger partial charge is 0.362 e. The lowest BCUT2D eigenvalue weighted by atomic mass is 10.1. The number of anilines is 1. The van der Waals surface area contributed by atoms with Gasteiger partial charge in [0.05, 0.1) is 5.70 Å². The molecule has 0 aliphatic rings. The minimum absolute atomic E-state index is 0.797. The Morgan fingerprint density at radius 2 is 2.12 bits per heavy atom. The predicted molar refractivity (Wildman–Crippen MR) is 79.9 cm³/mol. The smallest absolute Gasteiger partial charge is 0.0697 e. The first kappa shape index (κ1) is 13.3. The van der Waals surface area contributed by atoms with Crippen molar-refractivity contribution >= 4 is 29.0 Å². The summed E-state index contributed by atoms with van der Waals surface area (Å²) in [6.07, 6.45) is 3.54. The van der Waals surface area contributed by atoms with Gasteiger partial charge in [-0.25, -0.2) is 0 Å². The van der Waals surface area contributed by atoms with Crippen LogP contribution in [0.4, 0.5) is 5.69 Å². The minimum Gasteiger partial charge on any atom is -0.362 e. The average Bonchev–Trinajstić information content (AvgIpc) is 2.36. The maximum atomic E-state index is 4.89. The van der Waals surface area contributed by atoms with Gasteiger partial charge in [-0.05, 0) is 26.1 Å². The molecular formula is C14H16N2S. The van der Waals surface area contributed by atoms with E-state index in [0.717, 1.165) is 22.7 Å². The summed E-state index contributed by atoms with van der Waals surface area (Å²) in [5.41, 5.74) is 3.75. The Bertz CT molecular complexity index is 473. The summed E-state index contributed by atoms with van der Waals surface area (Å²) in [7, 11) is 0. The molecule has 17 heavy (non-hydrogen) atoms. The number of para-hydroxylation sites is 1. The molecule has 0 aromatic heterocycles. The molecule has 1 N–H and O–H groups in total. The van der Waals surface area contributed by atoms with Gasteiger partial charge in [0.25, 0.3) is 0 Å². The topological polar surface area (TPSA) is 24.4 Å². The Balaban J connectivity index is 3.15. The molecule has 0 fully saturated rings. The second kappa shape index (κ2) is 6.76. The lowest BCUT2D eigenvalue weighted by Gasteiger charge is -2.08. The molecule has 0 amide bonds. The van der Waals surface area contributed by atoms with E-state index in [-0.39, 0.29) is 0 Å². The number of aliphatic imine (C=N–C) groups is 1. The fraction of sp³-hybridized carbons (Fsp3) is 0.143. The fourth-order valence-corrected chi connectivity index (χ4v) is 1.64. The van der Waals surface area contributed by atoms with E-state index >= 15 is 0 Å². The third-order valence-electron chi connectivity index (χ3n) is 2.29. The third kappa shape index (κ3) is 3.64. The second-order valence-corrected chi connectivity index (χ2v) is 3.66. The van der Waals surface area contributed by atoms with Crippen LogP contribution in [0.1, 0.15) is 19.4 Å². The van der Waals surface area contributed by atoms with E-state index in [1.807, 2.05) is 44.2 Å².